The van der Waals surface area contributed by atoms with Crippen molar-refractivity contribution in [3.63, 3.8) is 0 Å². The molecule has 0 unspecified atom stereocenters. The summed E-state index contributed by atoms with van der Waals surface area (Å²) in [5.74, 6) is -2.99. The van der Waals surface area contributed by atoms with E-state index in [0.717, 1.165) is 24.3 Å². The van der Waals surface area contributed by atoms with Gasteiger partial charge in [0.1, 0.15) is 10.7 Å². The summed E-state index contributed by atoms with van der Waals surface area (Å²) in [6, 6.07) is 7.11. The predicted molar refractivity (Wildman–Crippen MR) is 71.5 cm³/mol. The summed E-state index contributed by atoms with van der Waals surface area (Å²) in [5.41, 5.74) is 0.230. The normalized spacial score (nSPS) is 13.1. The van der Waals surface area contributed by atoms with Crippen molar-refractivity contribution in [1.29, 1.82) is 0 Å². The van der Waals surface area contributed by atoms with Gasteiger partial charge in [-0.2, -0.15) is 0 Å². The lowest BCUT2D eigenvalue weighted by Gasteiger charge is -2.15. The Hall–Kier alpha value is -1.86. The fraction of sp³-hybridized carbons (Fsp3) is 0.143. The van der Waals surface area contributed by atoms with Crippen LogP contribution in [0.1, 0.15) is 18.5 Å². The lowest BCUT2D eigenvalue weighted by Crippen LogP contribution is -2.27. The van der Waals surface area contributed by atoms with E-state index in [2.05, 4.69) is 4.72 Å². The molecule has 7 heteroatoms. The van der Waals surface area contributed by atoms with Crippen molar-refractivity contribution in [3.05, 3.63) is 65.5 Å². The van der Waals surface area contributed by atoms with Crippen LogP contribution >= 0.6 is 0 Å². The highest BCUT2D eigenvalue weighted by atomic mass is 32.2. The van der Waals surface area contributed by atoms with E-state index in [-0.39, 0.29) is 5.56 Å². The van der Waals surface area contributed by atoms with Gasteiger partial charge in [-0.3, -0.25) is 0 Å². The molecule has 0 saturated heterocycles. The average Bonchev–Trinajstić information content (AvgIpc) is 2.41. The SMILES string of the molecule is C[C@H](NS(=O)(=O)c1ccccc1F)c1ccc(F)c(F)c1. The van der Waals surface area contributed by atoms with E-state index in [1.807, 2.05) is 0 Å². The molecule has 0 spiro atoms. The minimum atomic E-state index is -4.10. The lowest BCUT2D eigenvalue weighted by molar-refractivity contribution is 0.504. The van der Waals surface area contributed by atoms with Crippen LogP contribution in [0.5, 0.6) is 0 Å². The van der Waals surface area contributed by atoms with Gasteiger partial charge >= 0.3 is 0 Å². The first-order chi connectivity index (χ1) is 9.81. The van der Waals surface area contributed by atoms with Crippen LogP contribution in [0.25, 0.3) is 0 Å². The predicted octanol–water partition coefficient (Wildman–Crippen LogP) is 3.14. The number of rotatable bonds is 4. The molecule has 3 nitrogen and oxygen atoms in total. The summed E-state index contributed by atoms with van der Waals surface area (Å²) in [4.78, 5) is -0.501. The van der Waals surface area contributed by atoms with Crippen molar-refractivity contribution in [3.8, 4) is 0 Å². The van der Waals surface area contributed by atoms with Crippen LogP contribution < -0.4 is 4.72 Å². The molecule has 0 saturated carbocycles. The second-order valence-corrected chi connectivity index (χ2v) is 6.13. The second kappa shape index (κ2) is 5.87. The van der Waals surface area contributed by atoms with E-state index >= 15 is 0 Å². The van der Waals surface area contributed by atoms with Gasteiger partial charge in [0.25, 0.3) is 0 Å². The molecule has 112 valence electrons. The van der Waals surface area contributed by atoms with Gasteiger partial charge in [0.15, 0.2) is 11.6 Å². The smallest absolute Gasteiger partial charge is 0.207 e. The largest absolute Gasteiger partial charge is 0.244 e. The monoisotopic (exact) mass is 315 g/mol. The Morgan fingerprint density at radius 2 is 1.62 bits per heavy atom. The van der Waals surface area contributed by atoms with Crippen molar-refractivity contribution in [2.24, 2.45) is 0 Å². The Labute approximate surface area is 120 Å². The number of hydrogen-bond acceptors (Lipinski definition) is 2. The molecule has 0 bridgehead atoms. The minimum absolute atomic E-state index is 0.230. The van der Waals surface area contributed by atoms with E-state index in [9.17, 15) is 21.6 Å². The van der Waals surface area contributed by atoms with E-state index in [1.165, 1.54) is 25.1 Å². The average molecular weight is 315 g/mol. The molecule has 0 aliphatic carbocycles. The van der Waals surface area contributed by atoms with Crippen LogP contribution in [0.4, 0.5) is 13.2 Å². The summed E-state index contributed by atoms with van der Waals surface area (Å²) in [6.07, 6.45) is 0. The number of benzene rings is 2. The fourth-order valence-electron chi connectivity index (χ4n) is 1.81. The first-order valence-electron chi connectivity index (χ1n) is 6.03. The quantitative estimate of drug-likeness (QED) is 0.942. The van der Waals surface area contributed by atoms with Crippen LogP contribution in [0, 0.1) is 17.5 Å². The molecule has 2 aromatic carbocycles. The molecule has 21 heavy (non-hydrogen) atoms. The number of sulfonamides is 1. The van der Waals surface area contributed by atoms with Crippen molar-refractivity contribution in [2.75, 3.05) is 0 Å². The molecule has 0 heterocycles. The van der Waals surface area contributed by atoms with Crippen molar-refractivity contribution < 1.29 is 21.6 Å². The Bertz CT molecular complexity index is 763. The van der Waals surface area contributed by atoms with E-state index in [1.54, 1.807) is 0 Å². The first kappa shape index (κ1) is 15.5. The third-order valence-electron chi connectivity index (χ3n) is 2.90. The Kier molecular flexibility index (Phi) is 4.34. The van der Waals surface area contributed by atoms with Crippen LogP contribution in [-0.4, -0.2) is 8.42 Å². The van der Waals surface area contributed by atoms with E-state index in [4.69, 9.17) is 0 Å². The molecule has 1 N–H and O–H groups in total. The zero-order valence-corrected chi connectivity index (χ0v) is 11.8. The van der Waals surface area contributed by atoms with Gasteiger partial charge in [0.2, 0.25) is 10.0 Å². The molecule has 0 aliphatic heterocycles. The van der Waals surface area contributed by atoms with Crippen molar-refractivity contribution >= 4 is 10.0 Å². The van der Waals surface area contributed by atoms with Crippen LogP contribution in [0.2, 0.25) is 0 Å². The van der Waals surface area contributed by atoms with Gasteiger partial charge in [-0.05, 0) is 36.8 Å². The highest BCUT2D eigenvalue weighted by molar-refractivity contribution is 7.89. The lowest BCUT2D eigenvalue weighted by atomic mass is 10.1. The molecular formula is C14H12F3NO2S. The van der Waals surface area contributed by atoms with Gasteiger partial charge in [0, 0.05) is 6.04 Å². The second-order valence-electron chi connectivity index (χ2n) is 4.45. The molecule has 0 fully saturated rings. The van der Waals surface area contributed by atoms with Gasteiger partial charge in [-0.25, -0.2) is 26.3 Å². The van der Waals surface area contributed by atoms with Crippen LogP contribution in [0.3, 0.4) is 0 Å². The molecule has 1 atom stereocenters. The summed E-state index contributed by atoms with van der Waals surface area (Å²) < 4.78 is 65.9. The highest BCUT2D eigenvalue weighted by Crippen LogP contribution is 2.20. The summed E-state index contributed by atoms with van der Waals surface area (Å²) >= 11 is 0. The molecule has 0 aliphatic rings. The fourth-order valence-corrected chi connectivity index (χ4v) is 3.12. The number of hydrogen-bond donors (Lipinski definition) is 1. The van der Waals surface area contributed by atoms with Gasteiger partial charge in [-0.1, -0.05) is 18.2 Å². The highest BCUT2D eigenvalue weighted by Gasteiger charge is 2.22. The van der Waals surface area contributed by atoms with E-state index in [0.29, 0.717) is 0 Å². The summed E-state index contributed by atoms with van der Waals surface area (Å²) in [6.45, 7) is 1.45. The molecule has 0 aromatic heterocycles. The third kappa shape index (κ3) is 3.43. The summed E-state index contributed by atoms with van der Waals surface area (Å²) in [5, 5.41) is 0. The Morgan fingerprint density at radius 1 is 0.952 bits per heavy atom. The molecular weight excluding hydrogens is 303 g/mol. The first-order valence-corrected chi connectivity index (χ1v) is 7.51. The Morgan fingerprint density at radius 3 is 2.24 bits per heavy atom. The minimum Gasteiger partial charge on any atom is -0.207 e. The van der Waals surface area contributed by atoms with Gasteiger partial charge in [0.05, 0.1) is 0 Å². The zero-order valence-electron chi connectivity index (χ0n) is 11.0. The maximum atomic E-state index is 13.5. The van der Waals surface area contributed by atoms with Crippen LogP contribution in [-0.2, 0) is 10.0 Å². The standard InChI is InChI=1S/C14H12F3NO2S/c1-9(10-6-7-11(15)13(17)8-10)18-21(19,20)14-5-3-2-4-12(14)16/h2-9,18H,1H3/t9-/m0/s1. The molecule has 2 rings (SSSR count). The van der Waals surface area contributed by atoms with Crippen molar-refractivity contribution in [2.45, 2.75) is 17.9 Å². The van der Waals surface area contributed by atoms with Crippen LogP contribution in [0.15, 0.2) is 47.4 Å². The molecule has 2 aromatic rings. The number of halogens is 3. The molecule has 0 amide bonds. The maximum absolute atomic E-state index is 13.5. The number of nitrogens with one attached hydrogen (secondary N) is 1. The Balaban J connectivity index is 2.28. The van der Waals surface area contributed by atoms with Gasteiger partial charge in [-0.15, -0.1) is 0 Å². The third-order valence-corrected chi connectivity index (χ3v) is 4.48. The maximum Gasteiger partial charge on any atom is 0.244 e. The van der Waals surface area contributed by atoms with E-state index < -0.39 is 38.4 Å². The summed E-state index contributed by atoms with van der Waals surface area (Å²) in [7, 11) is -4.10. The zero-order chi connectivity index (χ0) is 15.6. The van der Waals surface area contributed by atoms with Gasteiger partial charge < -0.3 is 0 Å². The topological polar surface area (TPSA) is 46.2 Å². The van der Waals surface area contributed by atoms with Crippen molar-refractivity contribution in [1.82, 2.24) is 4.72 Å². The molecule has 0 radical (unpaired) electrons.